The molecule has 0 fully saturated rings. The minimum Gasteiger partial charge on any atom is -0.475 e. The highest BCUT2D eigenvalue weighted by Crippen LogP contribution is 2.30. The summed E-state index contributed by atoms with van der Waals surface area (Å²) in [4.78, 5) is 11.0. The van der Waals surface area contributed by atoms with E-state index in [0.29, 0.717) is 17.1 Å². The molecule has 0 saturated heterocycles. The summed E-state index contributed by atoms with van der Waals surface area (Å²) in [6, 6.07) is 16.1. The van der Waals surface area contributed by atoms with Gasteiger partial charge in [0.1, 0.15) is 5.76 Å². The van der Waals surface area contributed by atoms with Crippen LogP contribution in [-0.2, 0) is 0 Å². The Bertz CT molecular complexity index is 1130. The van der Waals surface area contributed by atoms with E-state index in [2.05, 4.69) is 15.5 Å². The quantitative estimate of drug-likeness (QED) is 0.400. The van der Waals surface area contributed by atoms with Gasteiger partial charge in [0.15, 0.2) is 12.0 Å². The number of aromatic amines is 1. The van der Waals surface area contributed by atoms with Crippen LogP contribution in [0.3, 0.4) is 0 Å². The number of carboxylic acid groups (broad SMARTS) is 1. The molecule has 2 aromatic carbocycles. The van der Waals surface area contributed by atoms with Gasteiger partial charge in [0.2, 0.25) is 5.76 Å². The Morgan fingerprint density at radius 1 is 1.19 bits per heavy atom. The Balaban J connectivity index is 1.66. The number of carboxylic acids is 1. The highest BCUT2D eigenvalue weighted by molar-refractivity contribution is 5.93. The lowest BCUT2D eigenvalue weighted by Crippen LogP contribution is -2.10. The summed E-state index contributed by atoms with van der Waals surface area (Å²) in [5, 5.41) is 30.4. The van der Waals surface area contributed by atoms with Gasteiger partial charge in [-0.1, -0.05) is 29.8 Å². The lowest BCUT2D eigenvalue weighted by atomic mass is 10.1. The number of nitrogens with one attached hydrogen (secondary N) is 2. The third-order valence-corrected chi connectivity index (χ3v) is 4.30. The van der Waals surface area contributed by atoms with Crippen LogP contribution in [0.5, 0.6) is 0 Å². The van der Waals surface area contributed by atoms with Crippen LogP contribution in [-0.4, -0.2) is 26.4 Å². The van der Waals surface area contributed by atoms with Gasteiger partial charge in [0, 0.05) is 16.5 Å². The SMILES string of the molecule is Cc1cccc(C(O)Nc2n[nH]c3ccc(-c4ccc(C(=O)O)o4)cc23)c1. The summed E-state index contributed by atoms with van der Waals surface area (Å²) in [5.74, 6) is -0.300. The molecule has 27 heavy (non-hydrogen) atoms. The molecule has 4 N–H and O–H groups in total. The fourth-order valence-electron chi connectivity index (χ4n) is 2.94. The smallest absolute Gasteiger partial charge is 0.371 e. The number of aromatic nitrogens is 2. The van der Waals surface area contributed by atoms with Gasteiger partial charge >= 0.3 is 5.97 Å². The normalized spacial score (nSPS) is 12.2. The van der Waals surface area contributed by atoms with Gasteiger partial charge in [0.25, 0.3) is 0 Å². The van der Waals surface area contributed by atoms with Crippen molar-refractivity contribution in [1.82, 2.24) is 10.2 Å². The molecule has 0 saturated carbocycles. The lowest BCUT2D eigenvalue weighted by molar-refractivity contribution is 0.0663. The van der Waals surface area contributed by atoms with Crippen molar-refractivity contribution in [2.75, 3.05) is 5.32 Å². The van der Waals surface area contributed by atoms with Crippen molar-refractivity contribution in [3.63, 3.8) is 0 Å². The highest BCUT2D eigenvalue weighted by Gasteiger charge is 2.15. The fraction of sp³-hybridized carbons (Fsp3) is 0.100. The third-order valence-electron chi connectivity index (χ3n) is 4.30. The van der Waals surface area contributed by atoms with Gasteiger partial charge in [0.05, 0.1) is 5.52 Å². The first-order valence-corrected chi connectivity index (χ1v) is 8.34. The zero-order chi connectivity index (χ0) is 19.0. The van der Waals surface area contributed by atoms with Crippen LogP contribution in [0.25, 0.3) is 22.2 Å². The van der Waals surface area contributed by atoms with Crippen LogP contribution in [0, 0.1) is 6.92 Å². The summed E-state index contributed by atoms with van der Waals surface area (Å²) < 4.78 is 5.36. The molecule has 7 heteroatoms. The largest absolute Gasteiger partial charge is 0.475 e. The number of carbonyl (C=O) groups is 1. The van der Waals surface area contributed by atoms with E-state index in [0.717, 1.165) is 22.0 Å². The molecule has 0 aliphatic rings. The van der Waals surface area contributed by atoms with Crippen LogP contribution in [0.1, 0.15) is 27.9 Å². The molecule has 4 aromatic rings. The standard InChI is InChI=1S/C20H17N3O4/c1-11-3-2-4-13(9-11)19(24)21-18-14-10-12(5-6-15(14)22-23-18)16-7-8-17(27-16)20(25)26/h2-10,19,24H,1H3,(H,25,26)(H2,21,22,23). The lowest BCUT2D eigenvalue weighted by Gasteiger charge is -2.13. The number of H-pyrrole nitrogens is 1. The van der Waals surface area contributed by atoms with Crippen LogP contribution in [0.15, 0.2) is 59.0 Å². The van der Waals surface area contributed by atoms with E-state index >= 15 is 0 Å². The summed E-state index contributed by atoms with van der Waals surface area (Å²) >= 11 is 0. The molecule has 2 heterocycles. The number of hydrogen-bond donors (Lipinski definition) is 4. The van der Waals surface area contributed by atoms with Crippen molar-refractivity contribution in [3.8, 4) is 11.3 Å². The minimum absolute atomic E-state index is 0.120. The zero-order valence-electron chi connectivity index (χ0n) is 14.4. The second-order valence-electron chi connectivity index (χ2n) is 6.26. The molecule has 7 nitrogen and oxygen atoms in total. The fourth-order valence-corrected chi connectivity index (χ4v) is 2.94. The maximum Gasteiger partial charge on any atom is 0.371 e. The highest BCUT2D eigenvalue weighted by atomic mass is 16.4. The first kappa shape index (κ1) is 16.9. The van der Waals surface area contributed by atoms with Crippen molar-refractivity contribution in [3.05, 3.63) is 71.5 Å². The van der Waals surface area contributed by atoms with Gasteiger partial charge in [-0.3, -0.25) is 5.10 Å². The van der Waals surface area contributed by atoms with Gasteiger partial charge < -0.3 is 19.9 Å². The maximum absolute atomic E-state index is 11.0. The van der Waals surface area contributed by atoms with E-state index in [4.69, 9.17) is 9.52 Å². The maximum atomic E-state index is 11.0. The topological polar surface area (TPSA) is 111 Å². The predicted octanol–water partition coefficient (Wildman–Crippen LogP) is 3.93. The predicted molar refractivity (Wildman–Crippen MR) is 101 cm³/mol. The van der Waals surface area contributed by atoms with Crippen molar-refractivity contribution in [1.29, 1.82) is 0 Å². The second-order valence-corrected chi connectivity index (χ2v) is 6.26. The number of aryl methyl sites for hydroxylation is 1. The van der Waals surface area contributed by atoms with E-state index in [1.54, 1.807) is 6.07 Å². The Labute approximate surface area is 154 Å². The van der Waals surface area contributed by atoms with E-state index in [9.17, 15) is 9.90 Å². The molecule has 1 atom stereocenters. The number of aromatic carboxylic acids is 1. The van der Waals surface area contributed by atoms with Crippen molar-refractivity contribution in [2.45, 2.75) is 13.2 Å². The second kappa shape index (κ2) is 6.62. The summed E-state index contributed by atoms with van der Waals surface area (Å²) in [5.41, 5.74) is 3.28. The molecule has 0 aliphatic carbocycles. The summed E-state index contributed by atoms with van der Waals surface area (Å²) in [6.45, 7) is 1.96. The molecule has 0 bridgehead atoms. The Morgan fingerprint density at radius 3 is 2.78 bits per heavy atom. The summed E-state index contributed by atoms with van der Waals surface area (Å²) in [6.07, 6.45) is -0.915. The zero-order valence-corrected chi connectivity index (χ0v) is 14.4. The number of nitrogens with zero attached hydrogens (tertiary/aromatic N) is 1. The number of anilines is 1. The van der Waals surface area contributed by atoms with Crippen LogP contribution >= 0.6 is 0 Å². The number of rotatable bonds is 5. The molecule has 1 unspecified atom stereocenters. The Hall–Kier alpha value is -3.58. The molecule has 136 valence electrons. The van der Waals surface area contributed by atoms with Gasteiger partial charge in [-0.15, -0.1) is 0 Å². The number of furan rings is 1. The van der Waals surface area contributed by atoms with Crippen molar-refractivity contribution in [2.24, 2.45) is 0 Å². The van der Waals surface area contributed by atoms with E-state index in [1.807, 2.05) is 49.4 Å². The van der Waals surface area contributed by atoms with Crippen molar-refractivity contribution >= 4 is 22.7 Å². The van der Waals surface area contributed by atoms with Gasteiger partial charge in [-0.25, -0.2) is 4.79 Å². The van der Waals surface area contributed by atoms with Gasteiger partial charge in [-0.05, 0) is 37.3 Å². The van der Waals surface area contributed by atoms with Crippen LogP contribution < -0.4 is 5.32 Å². The average Bonchev–Trinajstić information content (AvgIpc) is 3.29. The van der Waals surface area contributed by atoms with E-state index < -0.39 is 12.2 Å². The van der Waals surface area contributed by atoms with Crippen molar-refractivity contribution < 1.29 is 19.4 Å². The molecular formula is C20H17N3O4. The average molecular weight is 363 g/mol. The molecule has 0 aliphatic heterocycles. The summed E-state index contributed by atoms with van der Waals surface area (Å²) in [7, 11) is 0. The van der Waals surface area contributed by atoms with E-state index in [1.165, 1.54) is 6.07 Å². The third kappa shape index (κ3) is 3.28. The van der Waals surface area contributed by atoms with Crippen LogP contribution in [0.4, 0.5) is 5.82 Å². The monoisotopic (exact) mass is 363 g/mol. The molecule has 0 spiro atoms. The Morgan fingerprint density at radius 2 is 2.04 bits per heavy atom. The number of fused-ring (bicyclic) bond motifs is 1. The molecule has 0 radical (unpaired) electrons. The first-order chi connectivity index (χ1) is 13.0. The minimum atomic E-state index is -1.12. The number of benzene rings is 2. The molecule has 2 aromatic heterocycles. The molecule has 4 rings (SSSR count). The Kier molecular flexibility index (Phi) is 4.13. The molecular weight excluding hydrogens is 346 g/mol. The first-order valence-electron chi connectivity index (χ1n) is 8.34. The van der Waals surface area contributed by atoms with Crippen LogP contribution in [0.2, 0.25) is 0 Å². The molecule has 0 amide bonds. The van der Waals surface area contributed by atoms with Gasteiger partial charge in [-0.2, -0.15) is 5.10 Å². The number of hydrogen-bond acceptors (Lipinski definition) is 5. The number of aliphatic hydroxyl groups is 1. The van der Waals surface area contributed by atoms with E-state index in [-0.39, 0.29) is 5.76 Å². The number of aliphatic hydroxyl groups excluding tert-OH is 1.